The van der Waals surface area contributed by atoms with Gasteiger partial charge in [0.15, 0.2) is 5.11 Å². The van der Waals surface area contributed by atoms with Crippen molar-refractivity contribution in [3.63, 3.8) is 0 Å². The molecule has 0 bridgehead atoms. The second kappa shape index (κ2) is 20.7. The van der Waals surface area contributed by atoms with Crippen molar-refractivity contribution in [2.75, 3.05) is 6.54 Å². The third-order valence-electron chi connectivity index (χ3n) is 5.65. The maximum Gasteiger partial charge on any atom is 0.186 e. The predicted molar refractivity (Wildman–Crippen MR) is 147 cm³/mol. The molecule has 0 unspecified atom stereocenters. The van der Waals surface area contributed by atoms with Gasteiger partial charge in [-0.3, -0.25) is 5.43 Å². The molecular formula is C26H43Cl2N3S. The maximum absolute atomic E-state index is 6.11. The Morgan fingerprint density at radius 3 is 1.81 bits per heavy atom. The van der Waals surface area contributed by atoms with Crippen molar-refractivity contribution in [2.45, 2.75) is 110 Å². The van der Waals surface area contributed by atoms with Gasteiger partial charge in [0.25, 0.3) is 0 Å². The van der Waals surface area contributed by atoms with E-state index < -0.39 is 0 Å². The molecule has 182 valence electrons. The average molecular weight is 501 g/mol. The summed E-state index contributed by atoms with van der Waals surface area (Å²) in [6.45, 7) is 3.16. The molecule has 0 saturated heterocycles. The molecule has 0 aromatic heterocycles. The first-order valence-corrected chi connectivity index (χ1v) is 13.8. The van der Waals surface area contributed by atoms with Crippen molar-refractivity contribution in [3.8, 4) is 0 Å². The fourth-order valence-electron chi connectivity index (χ4n) is 3.68. The summed E-state index contributed by atoms with van der Waals surface area (Å²) in [5.74, 6) is 0. The van der Waals surface area contributed by atoms with Crippen LogP contribution in [-0.2, 0) is 0 Å². The number of halogens is 2. The average Bonchev–Trinajstić information content (AvgIpc) is 2.77. The Hall–Kier alpha value is -0.840. The van der Waals surface area contributed by atoms with Crippen LogP contribution in [0.5, 0.6) is 0 Å². The first-order valence-electron chi connectivity index (χ1n) is 12.7. The van der Waals surface area contributed by atoms with Crippen molar-refractivity contribution in [1.82, 2.24) is 10.7 Å². The van der Waals surface area contributed by atoms with Crippen molar-refractivity contribution in [1.29, 1.82) is 0 Å². The highest BCUT2D eigenvalue weighted by atomic mass is 35.5. The van der Waals surface area contributed by atoms with Gasteiger partial charge in [-0.1, -0.05) is 133 Å². The Labute approximate surface area is 212 Å². The van der Waals surface area contributed by atoms with E-state index in [1.807, 2.05) is 6.07 Å². The summed E-state index contributed by atoms with van der Waals surface area (Å²) in [4.78, 5) is 0. The molecule has 32 heavy (non-hydrogen) atoms. The van der Waals surface area contributed by atoms with E-state index in [0.29, 0.717) is 15.2 Å². The summed E-state index contributed by atoms with van der Waals surface area (Å²) in [6.07, 6.45) is 23.7. The number of nitrogens with zero attached hydrogens (tertiary/aromatic N) is 1. The van der Waals surface area contributed by atoms with Crippen LogP contribution in [0, 0.1) is 0 Å². The van der Waals surface area contributed by atoms with Gasteiger partial charge in [0.05, 0.1) is 11.2 Å². The van der Waals surface area contributed by atoms with Crippen LogP contribution in [0.25, 0.3) is 0 Å². The number of thiocarbonyl (C=S) groups is 1. The van der Waals surface area contributed by atoms with Crippen molar-refractivity contribution in [2.24, 2.45) is 5.10 Å². The molecule has 1 aromatic carbocycles. The van der Waals surface area contributed by atoms with E-state index in [0.717, 1.165) is 18.5 Å². The fourth-order valence-corrected chi connectivity index (χ4v) is 4.29. The van der Waals surface area contributed by atoms with Crippen LogP contribution in [0.3, 0.4) is 0 Å². The number of hydrogen-bond acceptors (Lipinski definition) is 2. The minimum atomic E-state index is 0.535. The quantitative estimate of drug-likeness (QED) is 0.0861. The summed E-state index contributed by atoms with van der Waals surface area (Å²) in [6, 6.07) is 5.30. The molecule has 0 atom stereocenters. The van der Waals surface area contributed by atoms with E-state index in [4.69, 9.17) is 35.4 Å². The molecule has 1 aromatic rings. The van der Waals surface area contributed by atoms with Gasteiger partial charge in [0.2, 0.25) is 0 Å². The number of rotatable bonds is 19. The van der Waals surface area contributed by atoms with Crippen molar-refractivity contribution < 1.29 is 0 Å². The highest BCUT2D eigenvalue weighted by molar-refractivity contribution is 7.80. The van der Waals surface area contributed by atoms with Gasteiger partial charge in [-0.25, -0.2) is 0 Å². The van der Waals surface area contributed by atoms with Crippen LogP contribution in [-0.4, -0.2) is 17.9 Å². The van der Waals surface area contributed by atoms with Crippen LogP contribution in [0.2, 0.25) is 10.0 Å². The number of unbranched alkanes of at least 4 members (excludes halogenated alkanes) is 15. The van der Waals surface area contributed by atoms with Gasteiger partial charge in [-0.2, -0.15) is 5.10 Å². The molecule has 0 aliphatic heterocycles. The Bertz CT molecular complexity index is 637. The Morgan fingerprint density at radius 1 is 0.812 bits per heavy atom. The lowest BCUT2D eigenvalue weighted by atomic mass is 10.0. The summed E-state index contributed by atoms with van der Waals surface area (Å²) in [5, 5.41) is 9.02. The third-order valence-corrected chi connectivity index (χ3v) is 6.45. The molecule has 3 nitrogen and oxygen atoms in total. The van der Waals surface area contributed by atoms with Crippen LogP contribution in [0.1, 0.15) is 115 Å². The van der Waals surface area contributed by atoms with Gasteiger partial charge in [0, 0.05) is 17.1 Å². The van der Waals surface area contributed by atoms with E-state index in [1.165, 1.54) is 96.3 Å². The third kappa shape index (κ3) is 16.7. The highest BCUT2D eigenvalue weighted by Crippen LogP contribution is 2.19. The lowest BCUT2D eigenvalue weighted by Crippen LogP contribution is -2.32. The van der Waals surface area contributed by atoms with Crippen molar-refractivity contribution >= 4 is 46.7 Å². The topological polar surface area (TPSA) is 36.4 Å². The molecule has 2 N–H and O–H groups in total. The predicted octanol–water partition coefficient (Wildman–Crippen LogP) is 9.05. The van der Waals surface area contributed by atoms with E-state index in [9.17, 15) is 0 Å². The van der Waals surface area contributed by atoms with Crippen LogP contribution in [0.4, 0.5) is 0 Å². The standard InChI is InChI=1S/C26H43Cl2N3S/c1-2-3-4-5-6-7-8-9-10-11-12-13-14-15-16-17-20-29-26(32)31-30-22-23-18-19-24(27)21-25(23)28/h18-19,21-22H,2-17,20H2,1H3,(H2,29,31,32)/b30-22+. The van der Waals surface area contributed by atoms with Crippen LogP contribution < -0.4 is 10.7 Å². The van der Waals surface area contributed by atoms with Gasteiger partial charge in [0.1, 0.15) is 0 Å². The second-order valence-electron chi connectivity index (χ2n) is 8.60. The second-order valence-corrected chi connectivity index (χ2v) is 9.85. The molecule has 0 heterocycles. The molecule has 1 rings (SSSR count). The normalized spacial score (nSPS) is 11.2. The number of nitrogens with one attached hydrogen (secondary N) is 2. The molecule has 0 fully saturated rings. The molecule has 0 aliphatic carbocycles. The molecule has 0 radical (unpaired) electrons. The zero-order valence-electron chi connectivity index (χ0n) is 19.9. The molecule has 6 heteroatoms. The summed E-state index contributed by atoms with van der Waals surface area (Å²) in [7, 11) is 0. The minimum Gasteiger partial charge on any atom is -0.361 e. The summed E-state index contributed by atoms with van der Waals surface area (Å²) in [5.41, 5.74) is 3.62. The molecular weight excluding hydrogens is 457 g/mol. The minimum absolute atomic E-state index is 0.535. The van der Waals surface area contributed by atoms with Crippen LogP contribution >= 0.6 is 35.4 Å². The lowest BCUT2D eigenvalue weighted by molar-refractivity contribution is 0.529. The number of hydrazone groups is 1. The van der Waals surface area contributed by atoms with Crippen molar-refractivity contribution in [3.05, 3.63) is 33.8 Å². The smallest absolute Gasteiger partial charge is 0.186 e. The zero-order valence-corrected chi connectivity index (χ0v) is 22.3. The lowest BCUT2D eigenvalue weighted by Gasteiger charge is -2.07. The summed E-state index contributed by atoms with van der Waals surface area (Å²) >= 11 is 17.2. The Kier molecular flexibility index (Phi) is 18.9. The van der Waals surface area contributed by atoms with Gasteiger partial charge in [-0.05, 0) is 30.8 Å². The Morgan fingerprint density at radius 2 is 1.31 bits per heavy atom. The number of benzene rings is 1. The molecule has 0 aliphatic rings. The number of hydrogen-bond donors (Lipinski definition) is 2. The largest absolute Gasteiger partial charge is 0.361 e. The highest BCUT2D eigenvalue weighted by Gasteiger charge is 1.99. The fraction of sp³-hybridized carbons (Fsp3) is 0.692. The molecule has 0 amide bonds. The van der Waals surface area contributed by atoms with Gasteiger partial charge >= 0.3 is 0 Å². The van der Waals surface area contributed by atoms with Crippen LogP contribution in [0.15, 0.2) is 23.3 Å². The first kappa shape index (κ1) is 29.2. The summed E-state index contributed by atoms with van der Waals surface area (Å²) < 4.78 is 0. The van der Waals surface area contributed by atoms with Gasteiger partial charge in [-0.15, -0.1) is 0 Å². The maximum atomic E-state index is 6.11. The zero-order chi connectivity index (χ0) is 23.3. The first-order chi connectivity index (χ1) is 15.6. The van der Waals surface area contributed by atoms with E-state index in [2.05, 4.69) is 22.8 Å². The van der Waals surface area contributed by atoms with Gasteiger partial charge < -0.3 is 5.32 Å². The van der Waals surface area contributed by atoms with E-state index >= 15 is 0 Å². The monoisotopic (exact) mass is 499 g/mol. The molecule has 0 saturated carbocycles. The Balaban J connectivity index is 1.84. The van der Waals surface area contributed by atoms with E-state index in [1.54, 1.807) is 18.3 Å². The molecule has 0 spiro atoms. The van der Waals surface area contributed by atoms with E-state index in [-0.39, 0.29) is 0 Å². The SMILES string of the molecule is CCCCCCCCCCCCCCCCCCNC(=S)N/N=C/c1ccc(Cl)cc1Cl.